The molecule has 0 aliphatic heterocycles. The summed E-state index contributed by atoms with van der Waals surface area (Å²) in [7, 11) is 0. The number of aromatic amines is 1. The van der Waals surface area contributed by atoms with E-state index in [9.17, 15) is 9.59 Å². The van der Waals surface area contributed by atoms with Crippen molar-refractivity contribution < 1.29 is 14.7 Å². The number of H-pyrrole nitrogens is 1. The van der Waals surface area contributed by atoms with Crippen molar-refractivity contribution >= 4 is 44.8 Å². The molecule has 0 aliphatic rings. The number of carboxylic acid groups (broad SMARTS) is 1. The minimum atomic E-state index is -1.11. The van der Waals surface area contributed by atoms with Crippen molar-refractivity contribution in [3.05, 3.63) is 38.3 Å². The zero-order valence-electron chi connectivity index (χ0n) is 9.28. The highest BCUT2D eigenvalue weighted by Crippen LogP contribution is 2.25. The Bertz CT molecular complexity index is 618. The molecule has 3 N–H and O–H groups in total. The first-order valence-electron chi connectivity index (χ1n) is 4.96. The molecule has 1 amide bonds. The molecule has 2 aromatic rings. The van der Waals surface area contributed by atoms with Crippen LogP contribution < -0.4 is 5.32 Å². The molecule has 0 bridgehead atoms. The SMILES string of the molecule is Cc1cc(NC(=O)c2sccc2Br)c(C(=O)O)[nH]1. The van der Waals surface area contributed by atoms with Crippen molar-refractivity contribution in [2.75, 3.05) is 5.32 Å². The molecule has 18 heavy (non-hydrogen) atoms. The first-order chi connectivity index (χ1) is 8.49. The lowest BCUT2D eigenvalue weighted by atomic mass is 10.3. The lowest BCUT2D eigenvalue weighted by molar-refractivity contribution is 0.0692. The summed E-state index contributed by atoms with van der Waals surface area (Å²) in [6.07, 6.45) is 0. The minimum Gasteiger partial charge on any atom is -0.477 e. The van der Waals surface area contributed by atoms with Crippen LogP contribution >= 0.6 is 27.3 Å². The molecule has 0 saturated heterocycles. The van der Waals surface area contributed by atoms with Crippen LogP contribution in [-0.2, 0) is 0 Å². The van der Waals surface area contributed by atoms with Crippen molar-refractivity contribution in [2.24, 2.45) is 0 Å². The number of aryl methyl sites for hydroxylation is 1. The first kappa shape index (κ1) is 12.8. The summed E-state index contributed by atoms with van der Waals surface area (Å²) in [4.78, 5) is 26.1. The van der Waals surface area contributed by atoms with Crippen LogP contribution in [0.25, 0.3) is 0 Å². The Hall–Kier alpha value is -1.60. The third-order valence-corrected chi connectivity index (χ3v) is 4.07. The summed E-state index contributed by atoms with van der Waals surface area (Å²) in [6.45, 7) is 1.73. The molecule has 2 heterocycles. The Morgan fingerprint density at radius 1 is 1.50 bits per heavy atom. The topological polar surface area (TPSA) is 82.2 Å². The molecule has 94 valence electrons. The summed E-state index contributed by atoms with van der Waals surface area (Å²) in [5.74, 6) is -1.44. The monoisotopic (exact) mass is 328 g/mol. The fourth-order valence-corrected chi connectivity index (χ4v) is 2.94. The number of carbonyl (C=O) groups is 2. The van der Waals surface area contributed by atoms with Crippen molar-refractivity contribution in [1.29, 1.82) is 0 Å². The van der Waals surface area contributed by atoms with Gasteiger partial charge in [-0.2, -0.15) is 0 Å². The number of aromatic nitrogens is 1. The molecule has 0 aliphatic carbocycles. The van der Waals surface area contributed by atoms with Crippen molar-refractivity contribution in [2.45, 2.75) is 6.92 Å². The molecule has 0 spiro atoms. The van der Waals surface area contributed by atoms with Crippen LogP contribution in [0.3, 0.4) is 0 Å². The van der Waals surface area contributed by atoms with Gasteiger partial charge in [0.2, 0.25) is 0 Å². The number of halogens is 1. The Labute approximate surface area is 115 Å². The highest BCUT2D eigenvalue weighted by atomic mass is 79.9. The summed E-state index contributed by atoms with van der Waals surface area (Å²) in [5, 5.41) is 13.4. The zero-order chi connectivity index (χ0) is 13.3. The second-order valence-corrected chi connectivity index (χ2v) is 5.37. The number of hydrogen-bond donors (Lipinski definition) is 3. The van der Waals surface area contributed by atoms with Gasteiger partial charge in [-0.1, -0.05) is 0 Å². The summed E-state index contributed by atoms with van der Waals surface area (Å²) in [6, 6.07) is 3.35. The number of aromatic carboxylic acids is 1. The maximum absolute atomic E-state index is 11.9. The number of amides is 1. The average Bonchev–Trinajstić information content (AvgIpc) is 2.84. The number of carbonyl (C=O) groups excluding carboxylic acids is 1. The predicted octanol–water partition coefficient (Wildman–Crippen LogP) is 3.10. The van der Waals surface area contributed by atoms with Crippen LogP contribution in [0.4, 0.5) is 5.69 Å². The largest absolute Gasteiger partial charge is 0.477 e. The van der Waals surface area contributed by atoms with Crippen molar-refractivity contribution in [3.8, 4) is 0 Å². The summed E-state index contributed by atoms with van der Waals surface area (Å²) < 4.78 is 0.689. The van der Waals surface area contributed by atoms with Gasteiger partial charge in [-0.3, -0.25) is 4.79 Å². The van der Waals surface area contributed by atoms with E-state index < -0.39 is 5.97 Å². The Balaban J connectivity index is 2.27. The summed E-state index contributed by atoms with van der Waals surface area (Å²) in [5.41, 5.74) is 0.923. The molecular formula is C11H9BrN2O3S. The lowest BCUT2D eigenvalue weighted by Crippen LogP contribution is -2.13. The fourth-order valence-electron chi connectivity index (χ4n) is 1.49. The third kappa shape index (κ3) is 2.46. The molecule has 0 fully saturated rings. The minimum absolute atomic E-state index is 0.0199. The molecule has 0 atom stereocenters. The van der Waals surface area contributed by atoms with Crippen LogP contribution in [0.2, 0.25) is 0 Å². The van der Waals surface area contributed by atoms with E-state index in [0.717, 1.165) is 0 Å². The average molecular weight is 329 g/mol. The van der Waals surface area contributed by atoms with E-state index in [4.69, 9.17) is 5.11 Å². The van der Waals surface area contributed by atoms with Crippen molar-refractivity contribution in [1.82, 2.24) is 4.98 Å². The second kappa shape index (κ2) is 4.95. The fraction of sp³-hybridized carbons (Fsp3) is 0.0909. The third-order valence-electron chi connectivity index (χ3n) is 2.24. The van der Waals surface area contributed by atoms with Gasteiger partial charge in [0, 0.05) is 10.2 Å². The van der Waals surface area contributed by atoms with Gasteiger partial charge < -0.3 is 15.4 Å². The van der Waals surface area contributed by atoms with Gasteiger partial charge in [0.25, 0.3) is 5.91 Å². The zero-order valence-corrected chi connectivity index (χ0v) is 11.7. The molecule has 7 heteroatoms. The number of anilines is 1. The normalized spacial score (nSPS) is 10.3. The maximum atomic E-state index is 11.9. The van der Waals surface area contributed by atoms with Crippen LogP contribution in [0.5, 0.6) is 0 Å². The van der Waals surface area contributed by atoms with E-state index in [-0.39, 0.29) is 17.3 Å². The highest BCUT2D eigenvalue weighted by molar-refractivity contribution is 9.10. The van der Waals surface area contributed by atoms with Gasteiger partial charge in [0.1, 0.15) is 10.6 Å². The number of rotatable bonds is 3. The van der Waals surface area contributed by atoms with E-state index in [1.165, 1.54) is 11.3 Å². The van der Waals surface area contributed by atoms with Gasteiger partial charge in [0.05, 0.1) is 5.69 Å². The van der Waals surface area contributed by atoms with Crippen molar-refractivity contribution in [3.63, 3.8) is 0 Å². The molecule has 0 unspecified atom stereocenters. The quantitative estimate of drug-likeness (QED) is 0.809. The van der Waals surface area contributed by atoms with Gasteiger partial charge >= 0.3 is 5.97 Å². The van der Waals surface area contributed by atoms with E-state index in [1.807, 2.05) is 0 Å². The van der Waals surface area contributed by atoms with Crippen LogP contribution in [0.1, 0.15) is 25.9 Å². The van der Waals surface area contributed by atoms with Gasteiger partial charge in [-0.05, 0) is 40.4 Å². The predicted molar refractivity (Wildman–Crippen MR) is 72.5 cm³/mol. The smallest absolute Gasteiger partial charge is 0.354 e. The Morgan fingerprint density at radius 3 is 2.78 bits per heavy atom. The standard InChI is InChI=1S/C11H9BrN2O3S/c1-5-4-7(8(13-5)11(16)17)14-10(15)9-6(12)2-3-18-9/h2-4,13H,1H3,(H,14,15)(H,16,17). The number of thiophene rings is 1. The molecule has 0 saturated carbocycles. The summed E-state index contributed by atoms with van der Waals surface area (Å²) >= 11 is 4.54. The second-order valence-electron chi connectivity index (χ2n) is 3.60. The molecular weight excluding hydrogens is 320 g/mol. The number of carboxylic acids is 1. The van der Waals surface area contributed by atoms with Gasteiger partial charge in [0.15, 0.2) is 0 Å². The Morgan fingerprint density at radius 2 is 2.22 bits per heavy atom. The molecule has 2 aromatic heterocycles. The molecule has 5 nitrogen and oxygen atoms in total. The van der Waals surface area contributed by atoms with E-state index in [0.29, 0.717) is 15.0 Å². The maximum Gasteiger partial charge on any atom is 0.354 e. The van der Waals surface area contributed by atoms with Gasteiger partial charge in [-0.25, -0.2) is 4.79 Å². The van der Waals surface area contributed by atoms with Gasteiger partial charge in [-0.15, -0.1) is 11.3 Å². The number of hydrogen-bond acceptors (Lipinski definition) is 3. The number of nitrogens with one attached hydrogen (secondary N) is 2. The highest BCUT2D eigenvalue weighted by Gasteiger charge is 2.18. The molecule has 2 rings (SSSR count). The Kier molecular flexibility index (Phi) is 3.53. The van der Waals surface area contributed by atoms with E-state index >= 15 is 0 Å². The van der Waals surface area contributed by atoms with E-state index in [1.54, 1.807) is 24.4 Å². The molecule has 0 radical (unpaired) electrons. The van der Waals surface area contributed by atoms with Crippen LogP contribution in [0, 0.1) is 6.92 Å². The van der Waals surface area contributed by atoms with Crippen LogP contribution in [0.15, 0.2) is 22.0 Å². The first-order valence-corrected chi connectivity index (χ1v) is 6.63. The molecule has 0 aromatic carbocycles. The van der Waals surface area contributed by atoms with E-state index in [2.05, 4.69) is 26.2 Å². The van der Waals surface area contributed by atoms with Crippen LogP contribution in [-0.4, -0.2) is 22.0 Å². The lowest BCUT2D eigenvalue weighted by Gasteiger charge is -2.02.